The summed E-state index contributed by atoms with van der Waals surface area (Å²) in [5.74, 6) is 0.526. The Morgan fingerprint density at radius 3 is 2.46 bits per heavy atom. The van der Waals surface area contributed by atoms with E-state index in [1.54, 1.807) is 0 Å². The molecule has 1 aliphatic heterocycles. The van der Waals surface area contributed by atoms with Crippen LogP contribution in [0.15, 0.2) is 42.6 Å². The van der Waals surface area contributed by atoms with E-state index in [1.807, 2.05) is 17.5 Å². The van der Waals surface area contributed by atoms with Crippen molar-refractivity contribution >= 4 is 21.6 Å². The van der Waals surface area contributed by atoms with E-state index >= 15 is 0 Å². The largest absolute Gasteiger partial charge is 0.304 e. The number of benzene rings is 1. The lowest BCUT2D eigenvalue weighted by molar-refractivity contribution is 0.148. The number of aromatic nitrogens is 1. The predicted molar refractivity (Wildman–Crippen MR) is 112 cm³/mol. The van der Waals surface area contributed by atoms with Crippen LogP contribution in [0.2, 0.25) is 0 Å². The van der Waals surface area contributed by atoms with Gasteiger partial charge in [0.25, 0.3) is 0 Å². The first-order valence-corrected chi connectivity index (χ1v) is 10.3. The first-order chi connectivity index (χ1) is 12.6. The number of pyridine rings is 1. The van der Waals surface area contributed by atoms with E-state index in [1.165, 1.54) is 39.4 Å². The number of fused-ring (bicyclic) bond motifs is 1. The Kier molecular flexibility index (Phi) is 5.07. The van der Waals surface area contributed by atoms with Gasteiger partial charge in [-0.25, -0.2) is 0 Å². The molecule has 0 bridgehead atoms. The number of thiophene rings is 1. The Bertz CT molecular complexity index is 874. The second-order valence-electron chi connectivity index (χ2n) is 7.66. The van der Waals surface area contributed by atoms with Crippen LogP contribution in [0, 0.1) is 0 Å². The summed E-state index contributed by atoms with van der Waals surface area (Å²) in [5.41, 5.74) is 5.22. The normalized spacial score (nSPS) is 16.6. The molecule has 3 aromatic rings. The molecule has 3 nitrogen and oxygen atoms in total. The second-order valence-corrected chi connectivity index (χ2v) is 8.71. The molecular weight excluding hydrogens is 338 g/mol. The molecule has 0 spiro atoms. The van der Waals surface area contributed by atoms with Crippen LogP contribution in [0.5, 0.6) is 0 Å². The lowest BCUT2D eigenvalue weighted by Crippen LogP contribution is -2.43. The summed E-state index contributed by atoms with van der Waals surface area (Å²) in [6, 6.07) is 13.5. The standard InChI is InChI=1S/C22H27N3S/c1-16(2)19-8-9-23-20-14-21(26-22(19)20)18-6-4-17(5-7-18)15-25-12-10-24(3)11-13-25/h4-9,14,16H,10-13,15H2,1-3H3. The molecule has 0 amide bonds. The van der Waals surface area contributed by atoms with Gasteiger partial charge in [-0.2, -0.15) is 0 Å². The highest BCUT2D eigenvalue weighted by Gasteiger charge is 2.14. The number of likely N-dealkylation sites (N-methyl/N-ethyl adjacent to an activating group) is 1. The van der Waals surface area contributed by atoms with E-state index in [4.69, 9.17) is 0 Å². The van der Waals surface area contributed by atoms with Crippen LogP contribution in [0.25, 0.3) is 20.7 Å². The van der Waals surface area contributed by atoms with Crippen LogP contribution in [0.4, 0.5) is 0 Å². The van der Waals surface area contributed by atoms with Crippen molar-refractivity contribution in [3.8, 4) is 10.4 Å². The SMILES string of the molecule is CC(C)c1ccnc2cc(-c3ccc(CN4CCN(C)CC4)cc3)sc12. The van der Waals surface area contributed by atoms with Crippen LogP contribution in [0.1, 0.15) is 30.9 Å². The van der Waals surface area contributed by atoms with E-state index in [9.17, 15) is 0 Å². The molecule has 1 fully saturated rings. The molecule has 4 rings (SSSR count). The molecule has 1 aromatic carbocycles. The maximum absolute atomic E-state index is 4.57. The van der Waals surface area contributed by atoms with Crippen molar-refractivity contribution in [3.63, 3.8) is 0 Å². The molecule has 0 atom stereocenters. The molecule has 0 unspecified atom stereocenters. The molecule has 1 aliphatic rings. The van der Waals surface area contributed by atoms with Gasteiger partial charge in [-0.3, -0.25) is 9.88 Å². The third-order valence-electron chi connectivity index (χ3n) is 5.30. The van der Waals surface area contributed by atoms with Crippen molar-refractivity contribution in [1.29, 1.82) is 0 Å². The van der Waals surface area contributed by atoms with Crippen molar-refractivity contribution in [1.82, 2.24) is 14.8 Å². The Labute approximate surface area is 160 Å². The van der Waals surface area contributed by atoms with Crippen molar-refractivity contribution in [2.75, 3.05) is 33.2 Å². The third kappa shape index (κ3) is 3.68. The molecule has 0 saturated carbocycles. The number of piperazine rings is 1. The minimum atomic E-state index is 0.526. The van der Waals surface area contributed by atoms with Gasteiger partial charge in [0.1, 0.15) is 0 Å². The molecule has 1 saturated heterocycles. The molecule has 2 aromatic heterocycles. The van der Waals surface area contributed by atoms with Gasteiger partial charge in [0, 0.05) is 43.8 Å². The summed E-state index contributed by atoms with van der Waals surface area (Å²) in [6.45, 7) is 10.2. The van der Waals surface area contributed by atoms with Gasteiger partial charge in [-0.15, -0.1) is 11.3 Å². The number of rotatable bonds is 4. The van der Waals surface area contributed by atoms with Crippen molar-refractivity contribution in [2.24, 2.45) is 0 Å². The molecule has 136 valence electrons. The molecular formula is C22H27N3S. The van der Waals surface area contributed by atoms with Gasteiger partial charge >= 0.3 is 0 Å². The highest BCUT2D eigenvalue weighted by Crippen LogP contribution is 2.36. The average molecular weight is 366 g/mol. The zero-order valence-electron chi connectivity index (χ0n) is 15.9. The number of nitrogens with zero attached hydrogens (tertiary/aromatic N) is 3. The fourth-order valence-corrected chi connectivity index (χ4v) is 4.88. The summed E-state index contributed by atoms with van der Waals surface area (Å²) >= 11 is 1.87. The molecule has 0 aliphatic carbocycles. The molecule has 3 heterocycles. The smallest absolute Gasteiger partial charge is 0.0819 e. The zero-order valence-corrected chi connectivity index (χ0v) is 16.7. The Hall–Kier alpha value is -1.75. The fourth-order valence-electron chi connectivity index (χ4n) is 3.59. The zero-order chi connectivity index (χ0) is 18.1. The molecule has 26 heavy (non-hydrogen) atoms. The molecule has 4 heteroatoms. The quantitative estimate of drug-likeness (QED) is 0.660. The van der Waals surface area contributed by atoms with E-state index in [-0.39, 0.29) is 0 Å². The van der Waals surface area contributed by atoms with E-state index in [0.29, 0.717) is 5.92 Å². The van der Waals surface area contributed by atoms with Gasteiger partial charge in [0.05, 0.1) is 10.2 Å². The topological polar surface area (TPSA) is 19.4 Å². The highest BCUT2D eigenvalue weighted by molar-refractivity contribution is 7.22. The van der Waals surface area contributed by atoms with Gasteiger partial charge < -0.3 is 4.90 Å². The van der Waals surface area contributed by atoms with Crippen molar-refractivity contribution < 1.29 is 0 Å². The molecule has 0 N–H and O–H groups in total. The monoisotopic (exact) mass is 365 g/mol. The van der Waals surface area contributed by atoms with E-state index < -0.39 is 0 Å². The average Bonchev–Trinajstić information content (AvgIpc) is 3.08. The van der Waals surface area contributed by atoms with Crippen LogP contribution >= 0.6 is 11.3 Å². The Balaban J connectivity index is 1.53. The van der Waals surface area contributed by atoms with Crippen LogP contribution in [0.3, 0.4) is 0 Å². The number of hydrogen-bond donors (Lipinski definition) is 0. The highest BCUT2D eigenvalue weighted by atomic mass is 32.1. The maximum atomic E-state index is 4.57. The third-order valence-corrected chi connectivity index (χ3v) is 6.53. The fraction of sp³-hybridized carbons (Fsp3) is 0.409. The van der Waals surface area contributed by atoms with Crippen LogP contribution in [-0.4, -0.2) is 48.0 Å². The molecule has 0 radical (unpaired) electrons. The van der Waals surface area contributed by atoms with Gasteiger partial charge in [0.2, 0.25) is 0 Å². The maximum Gasteiger partial charge on any atom is 0.0819 e. The van der Waals surface area contributed by atoms with Crippen molar-refractivity contribution in [3.05, 3.63) is 53.7 Å². The van der Waals surface area contributed by atoms with E-state index in [2.05, 4.69) is 72.1 Å². The Morgan fingerprint density at radius 1 is 1.04 bits per heavy atom. The van der Waals surface area contributed by atoms with Gasteiger partial charge in [-0.05, 0) is 41.8 Å². The minimum absolute atomic E-state index is 0.526. The first-order valence-electron chi connectivity index (χ1n) is 9.49. The predicted octanol–water partition coefficient (Wildman–Crippen LogP) is 4.83. The number of hydrogen-bond acceptors (Lipinski definition) is 4. The van der Waals surface area contributed by atoms with E-state index in [0.717, 1.165) is 25.2 Å². The van der Waals surface area contributed by atoms with Crippen LogP contribution < -0.4 is 0 Å². The lowest BCUT2D eigenvalue weighted by atomic mass is 10.0. The second kappa shape index (κ2) is 7.47. The van der Waals surface area contributed by atoms with Crippen LogP contribution in [-0.2, 0) is 6.54 Å². The summed E-state index contributed by atoms with van der Waals surface area (Å²) in [4.78, 5) is 10.8. The first kappa shape index (κ1) is 17.7. The summed E-state index contributed by atoms with van der Waals surface area (Å²) in [5, 5.41) is 0. The Morgan fingerprint density at radius 2 is 1.77 bits per heavy atom. The summed E-state index contributed by atoms with van der Waals surface area (Å²) in [6.07, 6.45) is 1.94. The van der Waals surface area contributed by atoms with Gasteiger partial charge in [0.15, 0.2) is 0 Å². The summed E-state index contributed by atoms with van der Waals surface area (Å²) < 4.78 is 1.33. The van der Waals surface area contributed by atoms with Gasteiger partial charge in [-0.1, -0.05) is 38.1 Å². The van der Waals surface area contributed by atoms with Crippen molar-refractivity contribution in [2.45, 2.75) is 26.3 Å². The summed E-state index contributed by atoms with van der Waals surface area (Å²) in [7, 11) is 2.21. The minimum Gasteiger partial charge on any atom is -0.304 e. The lowest BCUT2D eigenvalue weighted by Gasteiger charge is -2.32.